The molecular formula is C20H26OS2. The maximum Gasteiger partial charge on any atom is 0.120 e. The van der Waals surface area contributed by atoms with Crippen molar-refractivity contribution < 1.29 is 4.74 Å². The first-order valence-electron chi connectivity index (χ1n) is 8.27. The van der Waals surface area contributed by atoms with Gasteiger partial charge in [0.1, 0.15) is 5.75 Å². The lowest BCUT2D eigenvalue weighted by molar-refractivity contribution is 0.343. The highest BCUT2D eigenvalue weighted by molar-refractivity contribution is 7.99. The van der Waals surface area contributed by atoms with E-state index in [1.165, 1.54) is 28.2 Å². The van der Waals surface area contributed by atoms with Crippen LogP contribution in [0.2, 0.25) is 0 Å². The molecule has 0 heterocycles. The zero-order valence-corrected chi connectivity index (χ0v) is 15.7. The van der Waals surface area contributed by atoms with Crippen molar-refractivity contribution in [3.05, 3.63) is 59.7 Å². The molecule has 3 heteroatoms. The largest absolute Gasteiger partial charge is 0.493 e. The molecule has 1 nitrogen and oxygen atoms in total. The summed E-state index contributed by atoms with van der Waals surface area (Å²) < 4.78 is 5.90. The molecule has 0 aliphatic rings. The van der Waals surface area contributed by atoms with Gasteiger partial charge in [-0.05, 0) is 54.5 Å². The van der Waals surface area contributed by atoms with Crippen LogP contribution >= 0.6 is 23.5 Å². The van der Waals surface area contributed by atoms with E-state index in [0.29, 0.717) is 0 Å². The van der Waals surface area contributed by atoms with Crippen LogP contribution in [0.25, 0.3) is 0 Å². The Kier molecular flexibility index (Phi) is 8.48. The van der Waals surface area contributed by atoms with Gasteiger partial charge in [-0.1, -0.05) is 43.3 Å². The van der Waals surface area contributed by atoms with Gasteiger partial charge < -0.3 is 4.74 Å². The zero-order valence-electron chi connectivity index (χ0n) is 14.1. The molecule has 2 aromatic rings. The van der Waals surface area contributed by atoms with Crippen LogP contribution in [-0.4, -0.2) is 23.9 Å². The monoisotopic (exact) mass is 346 g/mol. The topological polar surface area (TPSA) is 9.23 Å². The van der Waals surface area contributed by atoms with Crippen LogP contribution in [0.3, 0.4) is 0 Å². The van der Waals surface area contributed by atoms with E-state index in [1.807, 2.05) is 23.5 Å². The second-order valence-electron chi connectivity index (χ2n) is 5.47. The Labute approximate surface area is 149 Å². The third-order valence-electron chi connectivity index (χ3n) is 3.50. The van der Waals surface area contributed by atoms with Gasteiger partial charge in [0, 0.05) is 10.6 Å². The number of benzene rings is 2. The van der Waals surface area contributed by atoms with E-state index in [0.717, 1.165) is 30.3 Å². The minimum Gasteiger partial charge on any atom is -0.493 e. The van der Waals surface area contributed by atoms with Gasteiger partial charge in [0.25, 0.3) is 0 Å². The van der Waals surface area contributed by atoms with Crippen LogP contribution < -0.4 is 4.74 Å². The molecule has 0 fully saturated rings. The third-order valence-corrected chi connectivity index (χ3v) is 5.81. The van der Waals surface area contributed by atoms with E-state index in [2.05, 4.69) is 62.4 Å². The number of ether oxygens (including phenoxy) is 1. The molecular weight excluding hydrogens is 320 g/mol. The molecule has 0 radical (unpaired) electrons. The van der Waals surface area contributed by atoms with Crippen molar-refractivity contribution in [3.63, 3.8) is 0 Å². The summed E-state index contributed by atoms with van der Waals surface area (Å²) >= 11 is 3.88. The number of hydrogen-bond acceptors (Lipinski definition) is 3. The average Bonchev–Trinajstić information content (AvgIpc) is 2.59. The minimum absolute atomic E-state index is 0.778. The first-order valence-corrected chi connectivity index (χ1v) is 10.4. The predicted octanol–water partition coefficient (Wildman–Crippen LogP) is 5.85. The van der Waals surface area contributed by atoms with E-state index in [1.54, 1.807) is 0 Å². The molecule has 0 N–H and O–H groups in total. The van der Waals surface area contributed by atoms with E-state index in [-0.39, 0.29) is 0 Å². The number of aryl methyl sites for hydroxylation is 2. The van der Waals surface area contributed by atoms with Crippen molar-refractivity contribution in [2.24, 2.45) is 0 Å². The zero-order chi connectivity index (χ0) is 16.3. The van der Waals surface area contributed by atoms with Gasteiger partial charge in [0.15, 0.2) is 0 Å². The Morgan fingerprint density at radius 1 is 0.957 bits per heavy atom. The van der Waals surface area contributed by atoms with Crippen LogP contribution in [0.5, 0.6) is 5.75 Å². The molecule has 0 saturated heterocycles. The van der Waals surface area contributed by atoms with E-state index in [9.17, 15) is 0 Å². The molecule has 23 heavy (non-hydrogen) atoms. The lowest BCUT2D eigenvalue weighted by atomic mass is 10.2. The Morgan fingerprint density at radius 3 is 2.57 bits per heavy atom. The summed E-state index contributed by atoms with van der Waals surface area (Å²) in [6.07, 6.45) is 2.33. The normalized spacial score (nSPS) is 10.7. The summed E-state index contributed by atoms with van der Waals surface area (Å²) in [5, 5.41) is 0. The van der Waals surface area contributed by atoms with Crippen molar-refractivity contribution in [3.8, 4) is 5.75 Å². The quantitative estimate of drug-likeness (QED) is 0.394. The Bertz CT molecular complexity index is 569. The van der Waals surface area contributed by atoms with Gasteiger partial charge in [-0.25, -0.2) is 0 Å². The summed E-state index contributed by atoms with van der Waals surface area (Å²) in [5.41, 5.74) is 2.75. The fourth-order valence-corrected chi connectivity index (χ4v) is 3.90. The maximum absolute atomic E-state index is 5.90. The summed E-state index contributed by atoms with van der Waals surface area (Å²) in [6, 6.07) is 17.1. The molecule has 0 aliphatic carbocycles. The molecule has 0 saturated carbocycles. The van der Waals surface area contributed by atoms with Crippen LogP contribution in [0, 0.1) is 6.92 Å². The fraction of sp³-hybridized carbons (Fsp3) is 0.400. The van der Waals surface area contributed by atoms with Gasteiger partial charge in [-0.3, -0.25) is 0 Å². The molecule has 0 unspecified atom stereocenters. The smallest absolute Gasteiger partial charge is 0.120 e. The van der Waals surface area contributed by atoms with Gasteiger partial charge in [-0.15, -0.1) is 11.8 Å². The minimum atomic E-state index is 0.778. The average molecular weight is 347 g/mol. The lowest BCUT2D eigenvalue weighted by Gasteiger charge is -2.10. The first-order chi connectivity index (χ1) is 11.3. The molecule has 0 aliphatic heterocycles. The van der Waals surface area contributed by atoms with Crippen molar-refractivity contribution in [1.82, 2.24) is 0 Å². The van der Waals surface area contributed by atoms with Crippen molar-refractivity contribution in [1.29, 1.82) is 0 Å². The number of rotatable bonds is 10. The van der Waals surface area contributed by atoms with Crippen LogP contribution in [0.15, 0.2) is 53.4 Å². The standard InChI is InChI=1S/C20H26OS2/c1-3-13-23-20-16-19(10-9-17(20)2)21-12-15-22-14-11-18-7-5-4-6-8-18/h4-10,16H,3,11-15H2,1-2H3. The van der Waals surface area contributed by atoms with E-state index < -0.39 is 0 Å². The van der Waals surface area contributed by atoms with E-state index in [4.69, 9.17) is 4.74 Å². The van der Waals surface area contributed by atoms with Crippen molar-refractivity contribution in [2.75, 3.05) is 23.9 Å². The van der Waals surface area contributed by atoms with Crippen LogP contribution in [0.1, 0.15) is 24.5 Å². The molecule has 0 spiro atoms. The van der Waals surface area contributed by atoms with E-state index >= 15 is 0 Å². The Morgan fingerprint density at radius 2 is 1.78 bits per heavy atom. The van der Waals surface area contributed by atoms with Gasteiger partial charge in [0.05, 0.1) is 6.61 Å². The summed E-state index contributed by atoms with van der Waals surface area (Å²) in [4.78, 5) is 1.35. The second kappa shape index (κ2) is 10.7. The SMILES string of the molecule is CCCSc1cc(OCCSCCc2ccccc2)ccc1C. The highest BCUT2D eigenvalue weighted by atomic mass is 32.2. The summed E-state index contributed by atoms with van der Waals surface area (Å²) in [5.74, 6) is 4.36. The maximum atomic E-state index is 5.90. The van der Waals surface area contributed by atoms with Crippen molar-refractivity contribution >= 4 is 23.5 Å². The lowest BCUT2D eigenvalue weighted by Crippen LogP contribution is -2.02. The molecule has 0 aromatic heterocycles. The van der Waals surface area contributed by atoms with Crippen LogP contribution in [-0.2, 0) is 6.42 Å². The predicted molar refractivity (Wildman–Crippen MR) is 105 cm³/mol. The van der Waals surface area contributed by atoms with Crippen molar-refractivity contribution in [2.45, 2.75) is 31.6 Å². The third kappa shape index (κ3) is 6.92. The highest BCUT2D eigenvalue weighted by Crippen LogP contribution is 2.27. The molecule has 0 atom stereocenters. The second-order valence-corrected chi connectivity index (χ2v) is 7.83. The number of hydrogen-bond donors (Lipinski definition) is 0. The van der Waals surface area contributed by atoms with Gasteiger partial charge >= 0.3 is 0 Å². The van der Waals surface area contributed by atoms with Crippen LogP contribution in [0.4, 0.5) is 0 Å². The highest BCUT2D eigenvalue weighted by Gasteiger charge is 2.02. The molecule has 0 bridgehead atoms. The molecule has 2 rings (SSSR count). The summed E-state index contributed by atoms with van der Waals surface area (Å²) in [7, 11) is 0. The Hall–Kier alpha value is -1.06. The molecule has 2 aromatic carbocycles. The van der Waals surface area contributed by atoms with Gasteiger partial charge in [-0.2, -0.15) is 11.8 Å². The molecule has 124 valence electrons. The number of thioether (sulfide) groups is 2. The fourth-order valence-electron chi connectivity index (χ4n) is 2.19. The molecule has 0 amide bonds. The summed E-state index contributed by atoms with van der Waals surface area (Å²) in [6.45, 7) is 5.16. The first kappa shape index (κ1) is 18.3. The Balaban J connectivity index is 1.66. The van der Waals surface area contributed by atoms with Gasteiger partial charge in [0.2, 0.25) is 0 Å².